The van der Waals surface area contributed by atoms with Crippen LogP contribution in [0.2, 0.25) is 0 Å². The maximum Gasteiger partial charge on any atom is 0.151 e. The summed E-state index contributed by atoms with van der Waals surface area (Å²) in [7, 11) is -2.96. The van der Waals surface area contributed by atoms with Crippen LogP contribution >= 0.6 is 0 Å². The molecule has 0 bridgehead atoms. The summed E-state index contributed by atoms with van der Waals surface area (Å²) in [6.45, 7) is 1.73. The molecule has 0 spiro atoms. The van der Waals surface area contributed by atoms with E-state index in [1.54, 1.807) is 0 Å². The molecule has 2 N–H and O–H groups in total. The molecule has 1 fully saturated rings. The minimum Gasteiger partial charge on any atom is -0.398 e. The molecule has 2 unspecified atom stereocenters. The molecule has 3 rings (SSSR count). The maximum atomic E-state index is 11.9. The molecule has 1 saturated carbocycles. The first-order valence-corrected chi connectivity index (χ1v) is 9.21. The van der Waals surface area contributed by atoms with Crippen molar-refractivity contribution < 1.29 is 8.42 Å². The number of nitrogens with zero attached hydrogens (tertiary/aromatic N) is 1. The normalized spacial score (nSPS) is 27.4. The van der Waals surface area contributed by atoms with Crippen molar-refractivity contribution in [2.75, 3.05) is 18.5 Å². The van der Waals surface area contributed by atoms with Gasteiger partial charge in [0.1, 0.15) is 0 Å². The molecule has 110 valence electrons. The number of sulfone groups is 1. The van der Waals surface area contributed by atoms with Gasteiger partial charge in [-0.1, -0.05) is 18.6 Å². The van der Waals surface area contributed by atoms with E-state index >= 15 is 0 Å². The number of hydrogen-bond acceptors (Lipinski definition) is 4. The van der Waals surface area contributed by atoms with Crippen LogP contribution < -0.4 is 5.73 Å². The number of benzene rings is 1. The Morgan fingerprint density at radius 3 is 2.85 bits per heavy atom. The number of nitrogens with two attached hydrogens (primary N) is 1. The van der Waals surface area contributed by atoms with Crippen LogP contribution in [-0.2, 0) is 22.8 Å². The molecule has 0 aromatic heterocycles. The highest BCUT2D eigenvalue weighted by molar-refractivity contribution is 7.91. The van der Waals surface area contributed by atoms with Gasteiger partial charge in [-0.15, -0.1) is 0 Å². The fourth-order valence-electron chi connectivity index (χ4n) is 3.73. The van der Waals surface area contributed by atoms with Crippen LogP contribution in [0.15, 0.2) is 18.2 Å². The zero-order valence-electron chi connectivity index (χ0n) is 11.9. The van der Waals surface area contributed by atoms with E-state index in [9.17, 15) is 8.42 Å². The van der Waals surface area contributed by atoms with Gasteiger partial charge in [-0.2, -0.15) is 0 Å². The van der Waals surface area contributed by atoms with E-state index in [1.165, 1.54) is 17.4 Å². The lowest BCUT2D eigenvalue weighted by Gasteiger charge is -2.36. The maximum absolute atomic E-state index is 11.9. The fourth-order valence-corrected chi connectivity index (χ4v) is 5.21. The average molecular weight is 294 g/mol. The molecule has 0 radical (unpaired) electrons. The van der Waals surface area contributed by atoms with Gasteiger partial charge in [0.15, 0.2) is 9.84 Å². The van der Waals surface area contributed by atoms with E-state index in [2.05, 4.69) is 11.0 Å². The quantitative estimate of drug-likeness (QED) is 0.841. The lowest BCUT2D eigenvalue weighted by Crippen LogP contribution is -2.45. The Hall–Kier alpha value is -1.07. The number of hydrogen-bond donors (Lipinski definition) is 1. The summed E-state index contributed by atoms with van der Waals surface area (Å²) < 4.78 is 23.9. The van der Waals surface area contributed by atoms with E-state index in [-0.39, 0.29) is 11.3 Å². The van der Waals surface area contributed by atoms with Crippen LogP contribution in [0.3, 0.4) is 0 Å². The first-order chi connectivity index (χ1) is 9.47. The predicted octanol–water partition coefficient (Wildman–Crippen LogP) is 1.59. The molecule has 2 aliphatic rings. The molecule has 1 aliphatic carbocycles. The van der Waals surface area contributed by atoms with Crippen molar-refractivity contribution in [1.82, 2.24) is 4.90 Å². The first-order valence-electron chi connectivity index (χ1n) is 7.26. The fraction of sp³-hybridized carbons (Fsp3) is 0.600. The van der Waals surface area contributed by atoms with Crippen molar-refractivity contribution in [3.63, 3.8) is 0 Å². The Morgan fingerprint density at radius 1 is 1.30 bits per heavy atom. The van der Waals surface area contributed by atoms with Crippen molar-refractivity contribution in [1.29, 1.82) is 0 Å². The summed E-state index contributed by atoms with van der Waals surface area (Å²) in [5.74, 6) is 0. The third-order valence-corrected chi connectivity index (χ3v) is 6.43. The van der Waals surface area contributed by atoms with Gasteiger partial charge in [-0.3, -0.25) is 4.90 Å². The smallest absolute Gasteiger partial charge is 0.151 e. The molecular weight excluding hydrogens is 272 g/mol. The lowest BCUT2D eigenvalue weighted by atomic mass is 9.96. The molecule has 1 heterocycles. The van der Waals surface area contributed by atoms with Crippen LogP contribution in [0.1, 0.15) is 30.4 Å². The van der Waals surface area contributed by atoms with Gasteiger partial charge in [0.2, 0.25) is 0 Å². The van der Waals surface area contributed by atoms with E-state index in [4.69, 9.17) is 5.73 Å². The van der Waals surface area contributed by atoms with Crippen molar-refractivity contribution >= 4 is 15.5 Å². The van der Waals surface area contributed by atoms with Crippen molar-refractivity contribution in [3.8, 4) is 0 Å². The topological polar surface area (TPSA) is 63.4 Å². The summed E-state index contributed by atoms with van der Waals surface area (Å²) in [5.41, 5.74) is 9.42. The molecule has 1 aromatic rings. The van der Waals surface area contributed by atoms with Crippen LogP contribution in [0, 0.1) is 0 Å². The Morgan fingerprint density at radius 2 is 2.10 bits per heavy atom. The largest absolute Gasteiger partial charge is 0.398 e. The van der Waals surface area contributed by atoms with Crippen molar-refractivity contribution in [2.45, 2.75) is 43.5 Å². The monoisotopic (exact) mass is 294 g/mol. The third kappa shape index (κ3) is 2.44. The number of anilines is 1. The molecule has 1 aromatic carbocycles. The van der Waals surface area contributed by atoms with E-state index in [1.807, 2.05) is 12.1 Å². The van der Waals surface area contributed by atoms with Gasteiger partial charge in [0.25, 0.3) is 0 Å². The van der Waals surface area contributed by atoms with E-state index < -0.39 is 9.84 Å². The summed E-state index contributed by atoms with van der Waals surface area (Å²) >= 11 is 0. The summed E-state index contributed by atoms with van der Waals surface area (Å²) in [6.07, 6.45) is 5.14. The first kappa shape index (κ1) is 13.9. The predicted molar refractivity (Wildman–Crippen MR) is 81.2 cm³/mol. The highest BCUT2D eigenvalue weighted by Crippen LogP contribution is 2.33. The van der Waals surface area contributed by atoms with Gasteiger partial charge in [0.05, 0.1) is 5.25 Å². The van der Waals surface area contributed by atoms with Crippen molar-refractivity contribution in [3.05, 3.63) is 29.3 Å². The molecular formula is C15H22N2O2S. The SMILES string of the molecule is CS(=O)(=O)C1CCCC1N1CCc2cccc(N)c2C1. The average Bonchev–Trinajstić information content (AvgIpc) is 2.88. The van der Waals surface area contributed by atoms with Crippen molar-refractivity contribution in [2.24, 2.45) is 0 Å². The number of fused-ring (bicyclic) bond motifs is 1. The van der Waals surface area contributed by atoms with Gasteiger partial charge >= 0.3 is 0 Å². The highest BCUT2D eigenvalue weighted by Gasteiger charge is 2.39. The highest BCUT2D eigenvalue weighted by atomic mass is 32.2. The molecule has 2 atom stereocenters. The van der Waals surface area contributed by atoms with E-state index in [0.29, 0.717) is 0 Å². The zero-order chi connectivity index (χ0) is 14.3. The Labute approximate surface area is 120 Å². The summed E-state index contributed by atoms with van der Waals surface area (Å²) in [6, 6.07) is 6.23. The second-order valence-electron chi connectivity index (χ2n) is 6.07. The molecule has 4 nitrogen and oxygen atoms in total. The van der Waals surface area contributed by atoms with Gasteiger partial charge in [-0.05, 0) is 36.5 Å². The lowest BCUT2D eigenvalue weighted by molar-refractivity contribution is 0.183. The molecule has 20 heavy (non-hydrogen) atoms. The second kappa shape index (κ2) is 5.04. The number of rotatable bonds is 2. The molecule has 0 amide bonds. The van der Waals surface area contributed by atoms with Gasteiger partial charge in [0, 0.05) is 31.1 Å². The zero-order valence-corrected chi connectivity index (χ0v) is 12.7. The standard InChI is InChI=1S/C15H22N2O2S/c1-20(18,19)15-7-3-6-14(15)17-9-8-11-4-2-5-13(16)12(11)10-17/h2,4-5,14-15H,3,6-10,16H2,1H3. The van der Waals surface area contributed by atoms with Gasteiger partial charge < -0.3 is 5.73 Å². The van der Waals surface area contributed by atoms with Crippen LogP contribution in [0.5, 0.6) is 0 Å². The molecule has 1 aliphatic heterocycles. The second-order valence-corrected chi connectivity index (χ2v) is 8.34. The minimum absolute atomic E-state index is 0.165. The Kier molecular flexibility index (Phi) is 3.50. The molecule has 0 saturated heterocycles. The van der Waals surface area contributed by atoms with E-state index in [0.717, 1.165) is 44.5 Å². The van der Waals surface area contributed by atoms with Crippen LogP contribution in [0.4, 0.5) is 5.69 Å². The van der Waals surface area contributed by atoms with Crippen LogP contribution in [-0.4, -0.2) is 37.4 Å². The summed E-state index contributed by atoms with van der Waals surface area (Å²) in [4.78, 5) is 2.33. The number of nitrogen functional groups attached to an aromatic ring is 1. The minimum atomic E-state index is -2.96. The Bertz CT molecular complexity index is 612. The summed E-state index contributed by atoms with van der Waals surface area (Å²) in [5, 5.41) is -0.200. The van der Waals surface area contributed by atoms with Crippen LogP contribution in [0.25, 0.3) is 0 Å². The third-order valence-electron chi connectivity index (χ3n) is 4.78. The molecule has 5 heteroatoms. The van der Waals surface area contributed by atoms with Gasteiger partial charge in [-0.25, -0.2) is 8.42 Å². The Balaban J connectivity index is 1.85.